The second kappa shape index (κ2) is 3.68. The Morgan fingerprint density at radius 3 is 2.62 bits per heavy atom. The van der Waals surface area contributed by atoms with Gasteiger partial charge in [0.1, 0.15) is 0 Å². The molecule has 12 nitrogen and oxygen atoms in total. The maximum atomic E-state index is 10.8. The average molecular weight is 227 g/mol. The van der Waals surface area contributed by atoms with Gasteiger partial charge in [-0.15, -0.1) is 14.9 Å². The van der Waals surface area contributed by atoms with Crippen LogP contribution in [0.25, 0.3) is 0 Å². The van der Waals surface area contributed by atoms with Crippen LogP contribution in [0.1, 0.15) is 0 Å². The molecular weight excluding hydrogens is 226 g/mol. The molecule has 12 heteroatoms. The van der Waals surface area contributed by atoms with Gasteiger partial charge in [0.2, 0.25) is 0 Å². The monoisotopic (exact) mass is 227 g/mol. The van der Waals surface area contributed by atoms with E-state index in [9.17, 15) is 14.9 Å². The fourth-order valence-corrected chi connectivity index (χ4v) is 0.710. The highest BCUT2D eigenvalue weighted by molar-refractivity contribution is 5.42. The van der Waals surface area contributed by atoms with E-state index >= 15 is 0 Å². The Balaban J connectivity index is 2.31. The van der Waals surface area contributed by atoms with Crippen molar-refractivity contribution in [1.29, 1.82) is 0 Å². The predicted molar refractivity (Wildman–Crippen MR) is 42.3 cm³/mol. The fraction of sp³-hybridized carbons (Fsp3) is 0. The molecule has 0 bridgehead atoms. The van der Waals surface area contributed by atoms with E-state index in [0.717, 1.165) is 0 Å². The number of azo groups is 1. The first-order chi connectivity index (χ1) is 7.68. The number of nitro groups is 1. The minimum absolute atomic E-state index is 0.405. The number of aromatic nitrogens is 4. The van der Waals surface area contributed by atoms with Crippen LogP contribution >= 0.6 is 0 Å². The maximum Gasteiger partial charge on any atom is 0.462 e. The molecule has 0 atom stereocenters. The first-order valence-electron chi connectivity index (χ1n) is 3.61. The first-order valence-corrected chi connectivity index (χ1v) is 3.61. The summed E-state index contributed by atoms with van der Waals surface area (Å²) < 4.78 is 8.24. The molecule has 0 radical (unpaired) electrons. The number of nitrogens with one attached hydrogen (secondary N) is 1. The van der Waals surface area contributed by atoms with Gasteiger partial charge in [-0.3, -0.25) is 9.42 Å². The molecule has 82 valence electrons. The van der Waals surface area contributed by atoms with Crippen molar-refractivity contribution in [2.45, 2.75) is 0 Å². The molecule has 2 aromatic rings. The van der Waals surface area contributed by atoms with E-state index in [1.807, 2.05) is 5.16 Å². The summed E-state index contributed by atoms with van der Waals surface area (Å²) in [5, 5.41) is 27.9. The van der Waals surface area contributed by atoms with Gasteiger partial charge in [-0.2, -0.15) is 5.16 Å². The van der Waals surface area contributed by atoms with Crippen LogP contribution in [-0.4, -0.2) is 25.5 Å². The van der Waals surface area contributed by atoms with Crippen LogP contribution in [0.2, 0.25) is 0 Å². The molecule has 0 spiro atoms. The lowest BCUT2D eigenvalue weighted by atomic mass is 10.7. The first kappa shape index (κ1) is 9.63. The van der Waals surface area contributed by atoms with E-state index in [0.29, 0.717) is 0 Å². The van der Waals surface area contributed by atoms with Crippen LogP contribution in [0.15, 0.2) is 24.3 Å². The van der Waals surface area contributed by atoms with Crippen molar-refractivity contribution < 1.29 is 14.2 Å². The van der Waals surface area contributed by atoms with E-state index < -0.39 is 27.9 Å². The third kappa shape index (κ3) is 1.66. The summed E-state index contributed by atoms with van der Waals surface area (Å²) in [4.78, 5) is 20.3. The molecule has 0 fully saturated rings. The molecule has 2 aromatic heterocycles. The predicted octanol–water partition coefficient (Wildman–Crippen LogP) is 0.0695. The number of nitrogens with zero attached hydrogens (tertiary/aromatic N) is 6. The van der Waals surface area contributed by atoms with Crippen molar-refractivity contribution in [2.75, 3.05) is 0 Å². The number of hydrogen-bond donors (Lipinski definition) is 1. The van der Waals surface area contributed by atoms with Gasteiger partial charge >= 0.3 is 17.2 Å². The third-order valence-corrected chi connectivity index (χ3v) is 1.34. The van der Waals surface area contributed by atoms with Crippen molar-refractivity contribution >= 4 is 17.5 Å². The van der Waals surface area contributed by atoms with Gasteiger partial charge in [0.25, 0.3) is 5.82 Å². The van der Waals surface area contributed by atoms with Crippen LogP contribution in [-0.2, 0) is 0 Å². The molecule has 0 aliphatic heterocycles. The summed E-state index contributed by atoms with van der Waals surface area (Å²) in [7, 11) is 0. The molecule has 0 unspecified atom stereocenters. The molecule has 2 rings (SSSR count). The lowest BCUT2D eigenvalue weighted by Crippen LogP contribution is -1.95. The SMILES string of the molecule is O=c1[nH]onc1N=Nc1nonc1[N+](=O)[O-]. The van der Waals surface area contributed by atoms with Crippen molar-refractivity contribution in [3.05, 3.63) is 20.5 Å². The van der Waals surface area contributed by atoms with Crippen LogP contribution in [0.4, 0.5) is 17.5 Å². The minimum atomic E-state index is -0.863. The summed E-state index contributed by atoms with van der Waals surface area (Å²) in [6, 6.07) is 0. The Bertz CT molecular complexity index is 592. The summed E-state index contributed by atoms with van der Waals surface area (Å²) in [6.07, 6.45) is 0. The van der Waals surface area contributed by atoms with Gasteiger partial charge in [-0.25, -0.2) is 0 Å². The van der Waals surface area contributed by atoms with Gasteiger partial charge < -0.3 is 10.1 Å². The Kier molecular flexibility index (Phi) is 2.21. The highest BCUT2D eigenvalue weighted by atomic mass is 16.6. The molecule has 0 aliphatic carbocycles. The van der Waals surface area contributed by atoms with Gasteiger partial charge in [0.15, 0.2) is 5.16 Å². The Hall–Kier alpha value is -2.92. The van der Waals surface area contributed by atoms with Crippen molar-refractivity contribution in [2.24, 2.45) is 10.2 Å². The van der Waals surface area contributed by atoms with Crippen LogP contribution < -0.4 is 5.56 Å². The quantitative estimate of drug-likeness (QED) is 0.436. The number of aromatic amines is 1. The van der Waals surface area contributed by atoms with Crippen molar-refractivity contribution in [3.8, 4) is 0 Å². The average Bonchev–Trinajstić information content (AvgIpc) is 2.83. The molecule has 0 saturated carbocycles. The number of hydrogen-bond acceptors (Lipinski definition) is 10. The molecular formula is C4HN7O5. The molecule has 0 aliphatic rings. The smallest absolute Gasteiger partial charge is 0.358 e. The molecule has 16 heavy (non-hydrogen) atoms. The van der Waals surface area contributed by atoms with Crippen molar-refractivity contribution in [3.63, 3.8) is 0 Å². The fourth-order valence-electron chi connectivity index (χ4n) is 0.710. The van der Waals surface area contributed by atoms with E-state index in [4.69, 9.17) is 0 Å². The van der Waals surface area contributed by atoms with Crippen LogP contribution in [0.5, 0.6) is 0 Å². The zero-order valence-corrected chi connectivity index (χ0v) is 7.22. The number of rotatable bonds is 3. The highest BCUT2D eigenvalue weighted by Crippen LogP contribution is 2.22. The topological polar surface area (TPSA) is 166 Å². The summed E-state index contributed by atoms with van der Waals surface area (Å²) in [6.45, 7) is 0. The second-order valence-electron chi connectivity index (χ2n) is 2.31. The van der Waals surface area contributed by atoms with Gasteiger partial charge in [0, 0.05) is 5.16 Å². The largest absolute Gasteiger partial charge is 0.462 e. The molecule has 0 saturated heterocycles. The zero-order chi connectivity index (χ0) is 11.5. The molecule has 2 heterocycles. The standard InChI is InChI=1S/C4HN7O5/c12-4-2(8-16-10-4)6-5-1-3(11(13)14)9-15-7-1/h(H,10,12). The lowest BCUT2D eigenvalue weighted by molar-refractivity contribution is -0.390. The van der Waals surface area contributed by atoms with Gasteiger partial charge in [-0.1, -0.05) is 0 Å². The maximum absolute atomic E-state index is 10.8. The van der Waals surface area contributed by atoms with Crippen LogP contribution in [0, 0.1) is 10.1 Å². The van der Waals surface area contributed by atoms with Gasteiger partial charge in [0.05, 0.1) is 0 Å². The Morgan fingerprint density at radius 2 is 2.00 bits per heavy atom. The Labute approximate surface area is 84.0 Å². The molecule has 0 amide bonds. The van der Waals surface area contributed by atoms with E-state index in [2.05, 4.69) is 35.0 Å². The van der Waals surface area contributed by atoms with E-state index in [-0.39, 0.29) is 0 Å². The van der Waals surface area contributed by atoms with Crippen molar-refractivity contribution in [1.82, 2.24) is 20.6 Å². The van der Waals surface area contributed by atoms with Crippen LogP contribution in [0.3, 0.4) is 0 Å². The summed E-state index contributed by atoms with van der Waals surface area (Å²) in [5.74, 6) is -1.60. The normalized spacial score (nSPS) is 11.0. The second-order valence-corrected chi connectivity index (χ2v) is 2.31. The molecule has 1 N–H and O–H groups in total. The number of H-pyrrole nitrogens is 1. The van der Waals surface area contributed by atoms with E-state index in [1.165, 1.54) is 0 Å². The molecule has 0 aromatic carbocycles. The third-order valence-electron chi connectivity index (χ3n) is 1.34. The van der Waals surface area contributed by atoms with Gasteiger partial charge in [-0.05, 0) is 10.1 Å². The minimum Gasteiger partial charge on any atom is -0.358 e. The van der Waals surface area contributed by atoms with E-state index in [1.54, 1.807) is 0 Å². The highest BCUT2D eigenvalue weighted by Gasteiger charge is 2.22. The lowest BCUT2D eigenvalue weighted by Gasteiger charge is -1.83. The summed E-state index contributed by atoms with van der Waals surface area (Å²) >= 11 is 0. The summed E-state index contributed by atoms with van der Waals surface area (Å²) in [5.41, 5.74) is -0.733. The zero-order valence-electron chi connectivity index (χ0n) is 7.22. The Morgan fingerprint density at radius 1 is 1.25 bits per heavy atom.